The number of ether oxygens (including phenoxy) is 1. The summed E-state index contributed by atoms with van der Waals surface area (Å²) in [5.74, 6) is -0.745. The Morgan fingerprint density at radius 1 is 1.32 bits per heavy atom. The number of carbonyl (C=O) groups is 1. The first-order valence-electron chi connectivity index (χ1n) is 6.99. The van der Waals surface area contributed by atoms with Gasteiger partial charge in [0, 0.05) is 10.7 Å². The van der Waals surface area contributed by atoms with E-state index in [-0.39, 0.29) is 11.7 Å². The lowest BCUT2D eigenvalue weighted by Crippen LogP contribution is -2.32. The topological polar surface area (TPSA) is 38.3 Å². The van der Waals surface area contributed by atoms with Crippen LogP contribution in [0.15, 0.2) is 42.5 Å². The summed E-state index contributed by atoms with van der Waals surface area (Å²) in [6, 6.07) is 11.2. The van der Waals surface area contributed by atoms with E-state index in [0.29, 0.717) is 17.1 Å². The second-order valence-corrected chi connectivity index (χ2v) is 5.33. The number of hydrogen-bond donors (Lipinski definition) is 1. The number of aryl methyl sites for hydroxylation is 1. The third-order valence-corrected chi connectivity index (χ3v) is 3.45. The van der Waals surface area contributed by atoms with Crippen LogP contribution in [0.4, 0.5) is 10.1 Å². The molecule has 116 valence electrons. The smallest absolute Gasteiger partial charge is 0.265 e. The van der Waals surface area contributed by atoms with Gasteiger partial charge in [-0.15, -0.1) is 0 Å². The van der Waals surface area contributed by atoms with Crippen molar-refractivity contribution in [2.75, 3.05) is 5.32 Å². The zero-order valence-corrected chi connectivity index (χ0v) is 13.2. The summed E-state index contributed by atoms with van der Waals surface area (Å²) < 4.78 is 19.1. The molecule has 22 heavy (non-hydrogen) atoms. The Kier molecular flexibility index (Phi) is 5.39. The van der Waals surface area contributed by atoms with Crippen molar-refractivity contribution in [1.29, 1.82) is 0 Å². The molecule has 0 aliphatic heterocycles. The lowest BCUT2D eigenvalue weighted by molar-refractivity contribution is -0.122. The SMILES string of the molecule is CC[C@@H](Oc1ccccc1F)C(=O)Nc1ccc(Cl)cc1C. The van der Waals surface area contributed by atoms with E-state index < -0.39 is 11.9 Å². The Bertz CT molecular complexity index is 675. The number of nitrogens with one attached hydrogen (secondary N) is 1. The van der Waals surface area contributed by atoms with Crippen LogP contribution in [0.5, 0.6) is 5.75 Å². The van der Waals surface area contributed by atoms with Crippen molar-refractivity contribution in [3.8, 4) is 5.75 Å². The Balaban J connectivity index is 2.10. The maximum absolute atomic E-state index is 13.6. The van der Waals surface area contributed by atoms with Crippen molar-refractivity contribution in [3.05, 3.63) is 58.9 Å². The van der Waals surface area contributed by atoms with Crippen LogP contribution in [0.1, 0.15) is 18.9 Å². The first-order chi connectivity index (χ1) is 10.5. The molecule has 1 atom stereocenters. The van der Waals surface area contributed by atoms with Crippen LogP contribution in [-0.4, -0.2) is 12.0 Å². The van der Waals surface area contributed by atoms with E-state index in [1.807, 2.05) is 6.92 Å². The highest BCUT2D eigenvalue weighted by Gasteiger charge is 2.20. The van der Waals surface area contributed by atoms with E-state index in [1.165, 1.54) is 12.1 Å². The van der Waals surface area contributed by atoms with Gasteiger partial charge in [0.2, 0.25) is 0 Å². The molecule has 0 fully saturated rings. The number of carbonyl (C=O) groups excluding carboxylic acids is 1. The molecule has 0 aromatic heterocycles. The van der Waals surface area contributed by atoms with Crippen molar-refractivity contribution in [1.82, 2.24) is 0 Å². The number of amides is 1. The molecule has 0 saturated heterocycles. The molecule has 1 amide bonds. The molecule has 0 unspecified atom stereocenters. The minimum atomic E-state index is -0.771. The molecule has 0 aliphatic carbocycles. The van der Waals surface area contributed by atoms with E-state index in [2.05, 4.69) is 5.32 Å². The molecule has 0 aliphatic rings. The molecule has 1 N–H and O–H groups in total. The van der Waals surface area contributed by atoms with Crippen LogP contribution < -0.4 is 10.1 Å². The summed E-state index contributed by atoms with van der Waals surface area (Å²) in [4.78, 5) is 12.3. The highest BCUT2D eigenvalue weighted by molar-refractivity contribution is 6.30. The summed E-state index contributed by atoms with van der Waals surface area (Å²) in [6.45, 7) is 3.65. The van der Waals surface area contributed by atoms with Gasteiger partial charge in [-0.2, -0.15) is 0 Å². The predicted octanol–water partition coefficient (Wildman–Crippen LogP) is 4.58. The maximum Gasteiger partial charge on any atom is 0.265 e. The second kappa shape index (κ2) is 7.27. The molecule has 5 heteroatoms. The average Bonchev–Trinajstić information content (AvgIpc) is 2.49. The molecular formula is C17H17ClFNO2. The van der Waals surface area contributed by atoms with Crippen molar-refractivity contribution < 1.29 is 13.9 Å². The number of hydrogen-bond acceptors (Lipinski definition) is 2. The third-order valence-electron chi connectivity index (χ3n) is 3.22. The number of para-hydroxylation sites is 1. The summed E-state index contributed by atoms with van der Waals surface area (Å²) in [5, 5.41) is 3.39. The molecule has 2 aromatic rings. The van der Waals surface area contributed by atoms with Crippen molar-refractivity contribution >= 4 is 23.2 Å². The predicted molar refractivity (Wildman–Crippen MR) is 85.9 cm³/mol. The Hall–Kier alpha value is -2.07. The Morgan fingerprint density at radius 2 is 2.05 bits per heavy atom. The van der Waals surface area contributed by atoms with Crippen LogP contribution in [0, 0.1) is 12.7 Å². The summed E-state index contributed by atoms with van der Waals surface area (Å²) in [6.07, 6.45) is -0.348. The quantitative estimate of drug-likeness (QED) is 0.875. The van der Waals surface area contributed by atoms with Crippen LogP contribution in [0.25, 0.3) is 0 Å². The van der Waals surface area contributed by atoms with E-state index in [4.69, 9.17) is 16.3 Å². The highest BCUT2D eigenvalue weighted by atomic mass is 35.5. The molecule has 0 bridgehead atoms. The highest BCUT2D eigenvalue weighted by Crippen LogP contribution is 2.22. The zero-order valence-electron chi connectivity index (χ0n) is 12.4. The van der Waals surface area contributed by atoms with Gasteiger partial charge in [-0.1, -0.05) is 30.7 Å². The van der Waals surface area contributed by atoms with Gasteiger partial charge in [-0.25, -0.2) is 4.39 Å². The minimum absolute atomic E-state index is 0.0670. The van der Waals surface area contributed by atoms with Gasteiger partial charge in [0.25, 0.3) is 5.91 Å². The Labute approximate surface area is 134 Å². The van der Waals surface area contributed by atoms with Gasteiger partial charge >= 0.3 is 0 Å². The van der Waals surface area contributed by atoms with Crippen molar-refractivity contribution in [2.24, 2.45) is 0 Å². The summed E-state index contributed by atoms with van der Waals surface area (Å²) >= 11 is 5.89. The van der Waals surface area contributed by atoms with Gasteiger partial charge in [-0.3, -0.25) is 4.79 Å². The molecule has 0 spiro atoms. The molecule has 0 heterocycles. The monoisotopic (exact) mass is 321 g/mol. The fourth-order valence-corrected chi connectivity index (χ4v) is 2.22. The van der Waals surface area contributed by atoms with Gasteiger partial charge < -0.3 is 10.1 Å². The fraction of sp³-hybridized carbons (Fsp3) is 0.235. The fourth-order valence-electron chi connectivity index (χ4n) is 2.00. The first-order valence-corrected chi connectivity index (χ1v) is 7.37. The zero-order chi connectivity index (χ0) is 16.1. The number of benzene rings is 2. The van der Waals surface area contributed by atoms with Gasteiger partial charge in [0.1, 0.15) is 0 Å². The lowest BCUT2D eigenvalue weighted by atomic mass is 10.2. The summed E-state index contributed by atoms with van der Waals surface area (Å²) in [5.41, 5.74) is 1.51. The lowest BCUT2D eigenvalue weighted by Gasteiger charge is -2.18. The largest absolute Gasteiger partial charge is 0.478 e. The third kappa shape index (κ3) is 3.98. The van der Waals surface area contributed by atoms with E-state index in [9.17, 15) is 9.18 Å². The normalized spacial score (nSPS) is 11.8. The van der Waals surface area contributed by atoms with Crippen LogP contribution in [-0.2, 0) is 4.79 Å². The molecular weight excluding hydrogens is 305 g/mol. The number of anilines is 1. The standard InChI is InChI=1S/C17H17ClFNO2/c1-3-15(22-16-7-5-4-6-13(16)19)17(21)20-14-9-8-12(18)10-11(14)2/h4-10,15H,3H2,1-2H3,(H,20,21)/t15-/m1/s1. The molecule has 3 nitrogen and oxygen atoms in total. The van der Waals surface area contributed by atoms with Gasteiger partial charge in [-0.05, 0) is 49.2 Å². The van der Waals surface area contributed by atoms with Crippen molar-refractivity contribution in [2.45, 2.75) is 26.4 Å². The van der Waals surface area contributed by atoms with Crippen LogP contribution in [0.3, 0.4) is 0 Å². The first kappa shape index (κ1) is 16.3. The second-order valence-electron chi connectivity index (χ2n) is 4.89. The van der Waals surface area contributed by atoms with E-state index in [0.717, 1.165) is 5.56 Å². The van der Waals surface area contributed by atoms with Crippen LogP contribution in [0.2, 0.25) is 5.02 Å². The minimum Gasteiger partial charge on any atom is -0.478 e. The van der Waals surface area contributed by atoms with E-state index in [1.54, 1.807) is 37.3 Å². The molecule has 2 aromatic carbocycles. The molecule has 0 saturated carbocycles. The Morgan fingerprint density at radius 3 is 2.68 bits per heavy atom. The number of halogens is 2. The average molecular weight is 322 g/mol. The van der Waals surface area contributed by atoms with E-state index >= 15 is 0 Å². The number of rotatable bonds is 5. The molecule has 0 radical (unpaired) electrons. The maximum atomic E-state index is 13.6. The van der Waals surface area contributed by atoms with Crippen molar-refractivity contribution in [3.63, 3.8) is 0 Å². The molecule has 2 rings (SSSR count). The van der Waals surface area contributed by atoms with Crippen LogP contribution >= 0.6 is 11.6 Å². The van der Waals surface area contributed by atoms with Gasteiger partial charge in [0.05, 0.1) is 0 Å². The summed E-state index contributed by atoms with van der Waals surface area (Å²) in [7, 11) is 0. The van der Waals surface area contributed by atoms with Gasteiger partial charge in [0.15, 0.2) is 17.7 Å².